The van der Waals surface area contributed by atoms with Crippen molar-refractivity contribution < 1.29 is 14.1 Å². The summed E-state index contributed by atoms with van der Waals surface area (Å²) in [7, 11) is 0. The molecule has 1 amide bonds. The average molecular weight is 498 g/mol. The zero-order valence-electron chi connectivity index (χ0n) is 18.7. The van der Waals surface area contributed by atoms with Crippen LogP contribution in [0.25, 0.3) is 0 Å². The van der Waals surface area contributed by atoms with Gasteiger partial charge in [-0.25, -0.2) is 0 Å². The van der Waals surface area contributed by atoms with E-state index in [2.05, 4.69) is 51.1 Å². The minimum Gasteiger partial charge on any atom is -0.488 e. The number of carbonyl (C=O) groups is 1. The van der Waals surface area contributed by atoms with Crippen molar-refractivity contribution in [3.05, 3.63) is 80.6 Å². The molecule has 2 heterocycles. The topological polar surface area (TPSA) is 58.8 Å². The van der Waals surface area contributed by atoms with Crippen molar-refractivity contribution >= 4 is 21.8 Å². The van der Waals surface area contributed by atoms with Crippen LogP contribution in [0.5, 0.6) is 5.75 Å². The summed E-state index contributed by atoms with van der Waals surface area (Å²) >= 11 is 3.53. The van der Waals surface area contributed by atoms with Gasteiger partial charge in [0, 0.05) is 37.2 Å². The molecule has 0 aliphatic carbocycles. The number of nitrogens with zero attached hydrogens (tertiary/aromatic N) is 3. The van der Waals surface area contributed by atoms with Gasteiger partial charge < -0.3 is 14.2 Å². The third-order valence-electron chi connectivity index (χ3n) is 5.84. The molecule has 2 aromatic carbocycles. The predicted octanol–water partition coefficient (Wildman–Crippen LogP) is 4.90. The van der Waals surface area contributed by atoms with Gasteiger partial charge in [-0.15, -0.1) is 0 Å². The Bertz CT molecular complexity index is 1100. The second-order valence-corrected chi connectivity index (χ2v) is 9.24. The average Bonchev–Trinajstić information content (AvgIpc) is 3.13. The summed E-state index contributed by atoms with van der Waals surface area (Å²) in [5.41, 5.74) is 4.58. The summed E-state index contributed by atoms with van der Waals surface area (Å²) in [6.07, 6.45) is 0. The molecule has 3 aromatic rings. The molecule has 0 N–H and O–H groups in total. The third-order valence-corrected chi connectivity index (χ3v) is 6.34. The first-order valence-electron chi connectivity index (χ1n) is 10.8. The van der Waals surface area contributed by atoms with E-state index >= 15 is 0 Å². The molecule has 0 unspecified atom stereocenters. The molecule has 0 atom stereocenters. The maximum absolute atomic E-state index is 13.2. The molecule has 0 spiro atoms. The lowest BCUT2D eigenvalue weighted by Crippen LogP contribution is -2.48. The van der Waals surface area contributed by atoms with E-state index in [1.807, 2.05) is 43.0 Å². The summed E-state index contributed by atoms with van der Waals surface area (Å²) in [6, 6.07) is 14.4. The van der Waals surface area contributed by atoms with Gasteiger partial charge in [-0.1, -0.05) is 50.9 Å². The number of piperazine rings is 1. The second kappa shape index (κ2) is 9.88. The Kier molecular flexibility index (Phi) is 6.96. The molecule has 168 valence electrons. The molecule has 32 heavy (non-hydrogen) atoms. The molecule has 0 saturated carbocycles. The quantitative estimate of drug-likeness (QED) is 0.484. The Morgan fingerprint density at radius 2 is 1.88 bits per heavy atom. The number of halogens is 1. The van der Waals surface area contributed by atoms with Crippen molar-refractivity contribution in [2.24, 2.45) is 0 Å². The van der Waals surface area contributed by atoms with Gasteiger partial charge in [0.25, 0.3) is 5.91 Å². The molecule has 0 radical (unpaired) electrons. The van der Waals surface area contributed by atoms with E-state index < -0.39 is 0 Å². The summed E-state index contributed by atoms with van der Waals surface area (Å²) in [5, 5.41) is 4.07. The van der Waals surface area contributed by atoms with Gasteiger partial charge in [0.1, 0.15) is 18.1 Å². The summed E-state index contributed by atoms with van der Waals surface area (Å²) < 4.78 is 12.5. The van der Waals surface area contributed by atoms with E-state index in [1.165, 1.54) is 11.1 Å². The van der Waals surface area contributed by atoms with Crippen LogP contribution < -0.4 is 4.74 Å². The normalized spacial score (nSPS) is 14.6. The highest BCUT2D eigenvalue weighted by molar-refractivity contribution is 9.10. The first-order chi connectivity index (χ1) is 15.4. The maximum Gasteiger partial charge on any atom is 0.276 e. The zero-order valence-corrected chi connectivity index (χ0v) is 20.3. The van der Waals surface area contributed by atoms with E-state index in [1.54, 1.807) is 0 Å². The number of benzene rings is 2. The summed E-state index contributed by atoms with van der Waals surface area (Å²) in [6.45, 7) is 9.99. The van der Waals surface area contributed by atoms with Crippen molar-refractivity contribution in [2.45, 2.75) is 33.9 Å². The predicted molar refractivity (Wildman–Crippen MR) is 127 cm³/mol. The lowest BCUT2D eigenvalue weighted by molar-refractivity contribution is 0.0616. The Morgan fingerprint density at radius 3 is 2.59 bits per heavy atom. The molecule has 4 rings (SSSR count). The van der Waals surface area contributed by atoms with Crippen LogP contribution in [0.4, 0.5) is 0 Å². The minimum absolute atomic E-state index is 0.0943. The van der Waals surface area contributed by atoms with Crippen LogP contribution in [0.2, 0.25) is 0 Å². The number of aryl methyl sites for hydroxylation is 3. The van der Waals surface area contributed by atoms with Gasteiger partial charge >= 0.3 is 0 Å². The van der Waals surface area contributed by atoms with Crippen molar-refractivity contribution in [1.29, 1.82) is 0 Å². The highest BCUT2D eigenvalue weighted by Gasteiger charge is 2.28. The fraction of sp³-hybridized carbons (Fsp3) is 0.360. The Balaban J connectivity index is 1.38. The fourth-order valence-corrected chi connectivity index (χ4v) is 4.44. The van der Waals surface area contributed by atoms with Crippen LogP contribution in [-0.2, 0) is 13.2 Å². The van der Waals surface area contributed by atoms with Crippen molar-refractivity contribution in [3.63, 3.8) is 0 Å². The van der Waals surface area contributed by atoms with Crippen LogP contribution in [-0.4, -0.2) is 47.0 Å². The number of carbonyl (C=O) groups excluding carboxylic acids is 1. The molecule has 1 fully saturated rings. The zero-order chi connectivity index (χ0) is 22.7. The molecule has 1 aromatic heterocycles. The SMILES string of the molecule is Cc1ccc(OCc2c(C(=O)N3CCN(Cc4cccc(Br)c4)CC3)noc2C)c(C)c1. The highest BCUT2D eigenvalue weighted by Crippen LogP contribution is 2.23. The van der Waals surface area contributed by atoms with Crippen molar-refractivity contribution in [1.82, 2.24) is 15.0 Å². The van der Waals surface area contributed by atoms with E-state index in [0.29, 0.717) is 30.1 Å². The molecular weight excluding hydrogens is 470 g/mol. The van der Waals surface area contributed by atoms with Gasteiger partial charge in [-0.05, 0) is 50.1 Å². The summed E-state index contributed by atoms with van der Waals surface area (Å²) in [5.74, 6) is 1.32. The lowest BCUT2D eigenvalue weighted by Gasteiger charge is -2.34. The molecule has 0 bridgehead atoms. The van der Waals surface area contributed by atoms with Crippen LogP contribution >= 0.6 is 15.9 Å². The number of rotatable bonds is 6. The molecular formula is C25H28BrN3O3. The van der Waals surface area contributed by atoms with Gasteiger partial charge in [0.2, 0.25) is 0 Å². The number of hydrogen-bond acceptors (Lipinski definition) is 5. The third kappa shape index (κ3) is 5.22. The van der Waals surface area contributed by atoms with Crippen molar-refractivity contribution in [3.8, 4) is 5.75 Å². The van der Waals surface area contributed by atoms with Crippen LogP contribution in [0.1, 0.15) is 38.5 Å². The van der Waals surface area contributed by atoms with Crippen LogP contribution in [0.3, 0.4) is 0 Å². The maximum atomic E-state index is 13.2. The number of ether oxygens (including phenoxy) is 1. The van der Waals surface area contributed by atoms with Gasteiger partial charge in [0.15, 0.2) is 5.69 Å². The number of amides is 1. The first-order valence-corrected chi connectivity index (χ1v) is 11.6. The van der Waals surface area contributed by atoms with E-state index in [9.17, 15) is 4.79 Å². The van der Waals surface area contributed by atoms with E-state index in [-0.39, 0.29) is 12.5 Å². The highest BCUT2D eigenvalue weighted by atomic mass is 79.9. The largest absolute Gasteiger partial charge is 0.488 e. The Labute approximate surface area is 197 Å². The molecule has 1 aliphatic rings. The van der Waals surface area contributed by atoms with E-state index in [0.717, 1.165) is 35.4 Å². The minimum atomic E-state index is -0.0943. The Morgan fingerprint density at radius 1 is 1.09 bits per heavy atom. The monoisotopic (exact) mass is 497 g/mol. The number of aromatic nitrogens is 1. The Hall–Kier alpha value is -2.64. The molecule has 1 saturated heterocycles. The van der Waals surface area contributed by atoms with Gasteiger partial charge in [0.05, 0.1) is 5.56 Å². The molecule has 7 heteroatoms. The number of hydrogen-bond donors (Lipinski definition) is 0. The van der Waals surface area contributed by atoms with E-state index in [4.69, 9.17) is 9.26 Å². The van der Waals surface area contributed by atoms with Crippen molar-refractivity contribution in [2.75, 3.05) is 26.2 Å². The molecule has 6 nitrogen and oxygen atoms in total. The smallest absolute Gasteiger partial charge is 0.276 e. The van der Waals surface area contributed by atoms with Crippen LogP contribution in [0, 0.1) is 20.8 Å². The van der Waals surface area contributed by atoms with Crippen LogP contribution in [0.15, 0.2) is 51.5 Å². The molecule has 1 aliphatic heterocycles. The van der Waals surface area contributed by atoms with Gasteiger partial charge in [-0.3, -0.25) is 9.69 Å². The second-order valence-electron chi connectivity index (χ2n) is 8.32. The first kappa shape index (κ1) is 22.6. The standard InChI is InChI=1S/C25H28BrN3O3/c1-17-7-8-23(18(2)13-17)31-16-22-19(3)32-27-24(22)25(30)29-11-9-28(10-12-29)15-20-5-4-6-21(26)14-20/h4-8,13-14H,9-12,15-16H2,1-3H3. The van der Waals surface area contributed by atoms with Gasteiger partial charge in [-0.2, -0.15) is 0 Å². The summed E-state index contributed by atoms with van der Waals surface area (Å²) in [4.78, 5) is 17.4. The lowest BCUT2D eigenvalue weighted by atomic mass is 10.1. The fourth-order valence-electron chi connectivity index (χ4n) is 3.99.